The van der Waals surface area contributed by atoms with Crippen LogP contribution >= 0.6 is 11.6 Å². The first-order valence-electron chi connectivity index (χ1n) is 9.60. The Morgan fingerprint density at radius 3 is 2.93 bits per heavy atom. The third kappa shape index (κ3) is 5.83. The van der Waals surface area contributed by atoms with Crippen LogP contribution in [0.1, 0.15) is 45.0 Å². The molecule has 2 heterocycles. The minimum Gasteiger partial charge on any atom is -0.444 e. The lowest BCUT2D eigenvalue weighted by molar-refractivity contribution is 0.0235. The fraction of sp³-hybridized carbons (Fsp3) is 0.476. The summed E-state index contributed by atoms with van der Waals surface area (Å²) in [6.07, 6.45) is 4.04. The maximum absolute atomic E-state index is 12.4. The van der Waals surface area contributed by atoms with Crippen LogP contribution in [0.15, 0.2) is 36.5 Å². The summed E-state index contributed by atoms with van der Waals surface area (Å²) in [5.74, 6) is 1.48. The molecule has 150 valence electrons. The molecule has 1 N–H and O–H groups in total. The van der Waals surface area contributed by atoms with E-state index in [1.807, 2.05) is 56.0 Å². The normalized spacial score (nSPS) is 16.9. The summed E-state index contributed by atoms with van der Waals surface area (Å²) in [4.78, 5) is 23.2. The van der Waals surface area contributed by atoms with Crippen molar-refractivity contribution in [2.45, 2.75) is 51.7 Å². The zero-order chi connectivity index (χ0) is 20.1. The number of benzene rings is 1. The van der Waals surface area contributed by atoms with E-state index in [1.54, 1.807) is 6.20 Å². The van der Waals surface area contributed by atoms with Crippen LogP contribution in [-0.4, -0.2) is 45.7 Å². The van der Waals surface area contributed by atoms with Crippen LogP contribution in [0.2, 0.25) is 5.02 Å². The van der Waals surface area contributed by atoms with Crippen molar-refractivity contribution in [2.75, 3.05) is 18.4 Å². The van der Waals surface area contributed by atoms with Crippen molar-refractivity contribution in [3.63, 3.8) is 0 Å². The number of hydrogen-bond acceptors (Lipinski definition) is 5. The van der Waals surface area contributed by atoms with E-state index in [1.165, 1.54) is 0 Å². The Labute approximate surface area is 171 Å². The van der Waals surface area contributed by atoms with Gasteiger partial charge in [-0.05, 0) is 57.4 Å². The van der Waals surface area contributed by atoms with Gasteiger partial charge in [0.15, 0.2) is 0 Å². The lowest BCUT2D eigenvalue weighted by Crippen LogP contribution is -2.42. The summed E-state index contributed by atoms with van der Waals surface area (Å²) < 4.78 is 5.52. The first kappa shape index (κ1) is 20.4. The second-order valence-electron chi connectivity index (χ2n) is 8.02. The Morgan fingerprint density at radius 2 is 2.18 bits per heavy atom. The predicted molar refractivity (Wildman–Crippen MR) is 111 cm³/mol. The van der Waals surface area contributed by atoms with Gasteiger partial charge in [-0.25, -0.2) is 14.8 Å². The third-order valence-corrected chi connectivity index (χ3v) is 4.72. The number of nitrogens with one attached hydrogen (secondary N) is 1. The lowest BCUT2D eigenvalue weighted by atomic mass is 10.1. The number of hydrogen-bond donors (Lipinski definition) is 1. The summed E-state index contributed by atoms with van der Waals surface area (Å²) in [6.45, 7) is 7.02. The van der Waals surface area contributed by atoms with Gasteiger partial charge in [0.1, 0.15) is 17.2 Å². The van der Waals surface area contributed by atoms with Gasteiger partial charge in [-0.15, -0.1) is 0 Å². The molecule has 7 heteroatoms. The Morgan fingerprint density at radius 1 is 1.36 bits per heavy atom. The van der Waals surface area contributed by atoms with Crippen molar-refractivity contribution < 1.29 is 9.53 Å². The monoisotopic (exact) mass is 402 g/mol. The number of ether oxygens (including phenoxy) is 1. The van der Waals surface area contributed by atoms with E-state index in [2.05, 4.69) is 15.3 Å². The van der Waals surface area contributed by atoms with Gasteiger partial charge in [-0.2, -0.15) is 0 Å². The average Bonchev–Trinajstić information content (AvgIpc) is 3.08. The molecule has 0 saturated carbocycles. The van der Waals surface area contributed by atoms with E-state index in [0.29, 0.717) is 18.0 Å². The average molecular weight is 403 g/mol. The predicted octanol–water partition coefficient (Wildman–Crippen LogP) is 4.53. The van der Waals surface area contributed by atoms with Crippen LogP contribution < -0.4 is 5.32 Å². The second kappa shape index (κ2) is 8.78. The number of rotatable bonds is 5. The van der Waals surface area contributed by atoms with Gasteiger partial charge in [0.2, 0.25) is 0 Å². The van der Waals surface area contributed by atoms with E-state index < -0.39 is 5.60 Å². The maximum atomic E-state index is 12.4. The highest BCUT2D eigenvalue weighted by Gasteiger charge is 2.31. The molecule has 0 bridgehead atoms. The molecule has 1 aliphatic rings. The van der Waals surface area contributed by atoms with Gasteiger partial charge in [0.25, 0.3) is 0 Å². The molecule has 1 aliphatic heterocycles. The van der Waals surface area contributed by atoms with Crippen LogP contribution in [0.3, 0.4) is 0 Å². The Kier molecular flexibility index (Phi) is 6.39. The van der Waals surface area contributed by atoms with E-state index in [-0.39, 0.29) is 12.1 Å². The molecule has 0 spiro atoms. The molecule has 0 unspecified atom stereocenters. The molecule has 1 atom stereocenters. The van der Waals surface area contributed by atoms with E-state index >= 15 is 0 Å². The maximum Gasteiger partial charge on any atom is 0.410 e. The van der Waals surface area contributed by atoms with Gasteiger partial charge < -0.3 is 15.0 Å². The summed E-state index contributed by atoms with van der Waals surface area (Å²) >= 11 is 6.05. The molecule has 28 heavy (non-hydrogen) atoms. The fourth-order valence-electron chi connectivity index (χ4n) is 3.24. The largest absolute Gasteiger partial charge is 0.444 e. The fourth-order valence-corrected chi connectivity index (χ4v) is 3.46. The molecule has 1 aromatic heterocycles. The second-order valence-corrected chi connectivity index (χ2v) is 8.45. The Hall–Kier alpha value is -2.34. The van der Waals surface area contributed by atoms with Crippen molar-refractivity contribution >= 4 is 23.5 Å². The SMILES string of the molecule is CC(C)(C)OC(=O)N1CCC[C@H]1CNc1ccnc(Cc2cccc(Cl)c2)n1. The van der Waals surface area contributed by atoms with Crippen LogP contribution in [0.4, 0.5) is 10.6 Å². The highest BCUT2D eigenvalue weighted by molar-refractivity contribution is 6.30. The van der Waals surface area contributed by atoms with Crippen LogP contribution in [0.25, 0.3) is 0 Å². The number of nitrogens with zero attached hydrogens (tertiary/aromatic N) is 3. The zero-order valence-electron chi connectivity index (χ0n) is 16.6. The molecule has 1 fully saturated rings. The Balaban J connectivity index is 1.59. The topological polar surface area (TPSA) is 67.3 Å². The minimum atomic E-state index is -0.487. The number of carbonyl (C=O) groups excluding carboxylic acids is 1. The molecular weight excluding hydrogens is 376 g/mol. The van der Waals surface area contributed by atoms with Crippen LogP contribution in [0.5, 0.6) is 0 Å². The standard InChI is InChI=1S/C21H27ClN4O2/c1-21(2,3)28-20(27)26-11-5-8-17(26)14-24-18-9-10-23-19(25-18)13-15-6-4-7-16(22)12-15/h4,6-7,9-10,12,17H,5,8,11,13-14H2,1-3H3,(H,23,24,25)/t17-/m0/s1. The summed E-state index contributed by atoms with van der Waals surface area (Å²) in [7, 11) is 0. The Bertz CT molecular complexity index is 822. The molecular formula is C21H27ClN4O2. The summed E-state index contributed by atoms with van der Waals surface area (Å²) in [6, 6.07) is 9.64. The molecule has 1 aromatic carbocycles. The summed E-state index contributed by atoms with van der Waals surface area (Å²) in [5.41, 5.74) is 0.580. The zero-order valence-corrected chi connectivity index (χ0v) is 17.4. The van der Waals surface area contributed by atoms with E-state index in [0.717, 1.165) is 36.6 Å². The molecule has 0 aliphatic carbocycles. The molecule has 3 rings (SSSR count). The number of amides is 1. The molecule has 0 radical (unpaired) electrons. The van der Waals surface area contributed by atoms with Gasteiger partial charge in [-0.3, -0.25) is 0 Å². The smallest absolute Gasteiger partial charge is 0.410 e. The lowest BCUT2D eigenvalue weighted by Gasteiger charge is -2.28. The van der Waals surface area contributed by atoms with Gasteiger partial charge in [0.05, 0.1) is 6.04 Å². The number of halogens is 1. The molecule has 1 amide bonds. The number of likely N-dealkylation sites (tertiary alicyclic amines) is 1. The van der Waals surface area contributed by atoms with Crippen molar-refractivity contribution in [3.05, 3.63) is 52.9 Å². The highest BCUT2D eigenvalue weighted by Crippen LogP contribution is 2.21. The van der Waals surface area contributed by atoms with Crippen LogP contribution in [0, 0.1) is 0 Å². The van der Waals surface area contributed by atoms with Gasteiger partial charge >= 0.3 is 6.09 Å². The number of anilines is 1. The minimum absolute atomic E-state index is 0.0983. The first-order chi connectivity index (χ1) is 13.3. The van der Waals surface area contributed by atoms with Crippen LogP contribution in [-0.2, 0) is 11.2 Å². The quantitative estimate of drug-likeness (QED) is 0.795. The van der Waals surface area contributed by atoms with Gasteiger partial charge in [-0.1, -0.05) is 23.7 Å². The van der Waals surface area contributed by atoms with Crippen molar-refractivity contribution in [2.24, 2.45) is 0 Å². The summed E-state index contributed by atoms with van der Waals surface area (Å²) in [5, 5.41) is 4.05. The molecule has 1 saturated heterocycles. The van der Waals surface area contributed by atoms with Gasteiger partial charge in [0, 0.05) is 30.7 Å². The number of carbonyl (C=O) groups is 1. The highest BCUT2D eigenvalue weighted by atomic mass is 35.5. The molecule has 6 nitrogen and oxygen atoms in total. The number of aromatic nitrogens is 2. The molecule has 2 aromatic rings. The third-order valence-electron chi connectivity index (χ3n) is 4.48. The van der Waals surface area contributed by atoms with Crippen molar-refractivity contribution in [3.8, 4) is 0 Å². The van der Waals surface area contributed by atoms with Crippen molar-refractivity contribution in [1.29, 1.82) is 0 Å². The van der Waals surface area contributed by atoms with E-state index in [9.17, 15) is 4.79 Å². The first-order valence-corrected chi connectivity index (χ1v) is 9.98. The van der Waals surface area contributed by atoms with Crippen molar-refractivity contribution in [1.82, 2.24) is 14.9 Å². The van der Waals surface area contributed by atoms with E-state index in [4.69, 9.17) is 16.3 Å².